The van der Waals surface area contributed by atoms with Crippen LogP contribution in [-0.4, -0.2) is 40.0 Å². The molecule has 7 nitrogen and oxygen atoms in total. The molecule has 0 saturated carbocycles. The molecule has 0 bridgehead atoms. The molecule has 0 radical (unpaired) electrons. The van der Waals surface area contributed by atoms with Gasteiger partial charge in [0.05, 0.1) is 18.1 Å². The van der Waals surface area contributed by atoms with E-state index in [1.54, 1.807) is 13.8 Å². The number of aliphatic imine (C=N–C) groups is 1. The van der Waals surface area contributed by atoms with Crippen molar-refractivity contribution in [3.63, 3.8) is 0 Å². The van der Waals surface area contributed by atoms with Gasteiger partial charge < -0.3 is 16.8 Å². The van der Waals surface area contributed by atoms with Crippen molar-refractivity contribution < 1.29 is 26.7 Å². The van der Waals surface area contributed by atoms with Crippen molar-refractivity contribution in [1.29, 1.82) is 0 Å². The van der Waals surface area contributed by atoms with Gasteiger partial charge in [0.15, 0.2) is 5.69 Å². The van der Waals surface area contributed by atoms with E-state index in [1.807, 2.05) is 13.8 Å². The van der Waals surface area contributed by atoms with E-state index in [2.05, 4.69) is 31.3 Å². The number of aromatic nitrogens is 2. The molecule has 1 heterocycles. The zero-order chi connectivity index (χ0) is 23.7. The number of nitrogens with zero attached hydrogens (tertiary/aromatic N) is 3. The van der Waals surface area contributed by atoms with Gasteiger partial charge in [-0.15, -0.1) is 0 Å². The summed E-state index contributed by atoms with van der Waals surface area (Å²) in [6.45, 7) is 4.12. The van der Waals surface area contributed by atoms with Crippen LogP contribution in [0.15, 0.2) is 27.4 Å². The van der Waals surface area contributed by atoms with Crippen LogP contribution in [0, 0.1) is 0 Å². The van der Waals surface area contributed by atoms with E-state index in [0.29, 0.717) is 0 Å². The van der Waals surface area contributed by atoms with Crippen LogP contribution in [0.3, 0.4) is 0 Å². The molecule has 1 atom stereocenters. The molecule has 0 aliphatic rings. The minimum atomic E-state index is -4.60. The number of rotatable bonds is 8. The molecule has 1 aromatic rings. The van der Waals surface area contributed by atoms with Gasteiger partial charge in [-0.3, -0.25) is 9.48 Å². The number of nitrogens with one attached hydrogen (secondary N) is 1. The Bertz CT molecular complexity index is 745. The largest absolute Gasteiger partial charge is 0.435 e. The number of halogens is 6. The third-order valence-corrected chi connectivity index (χ3v) is 4.03. The minimum absolute atomic E-state index is 0.0861. The normalized spacial score (nSPS) is 13.9. The SMILES string of the molecule is CC.CC(C)(Cn1nc(C(F)(F)F)cc1Br)NC(=O)C(N)CC(=C/N)/C=N/C(F)F. The Labute approximate surface area is 179 Å². The molecule has 172 valence electrons. The Morgan fingerprint density at radius 3 is 2.37 bits per heavy atom. The molecule has 30 heavy (non-hydrogen) atoms. The second-order valence-corrected chi connectivity index (χ2v) is 7.30. The van der Waals surface area contributed by atoms with E-state index in [4.69, 9.17) is 11.5 Å². The van der Waals surface area contributed by atoms with E-state index in [9.17, 15) is 26.7 Å². The molecule has 0 aromatic carbocycles. The van der Waals surface area contributed by atoms with Gasteiger partial charge in [0.25, 0.3) is 0 Å². The number of alkyl halides is 5. The molecule has 1 amide bonds. The summed E-state index contributed by atoms with van der Waals surface area (Å²) < 4.78 is 63.6. The molecule has 1 unspecified atom stereocenters. The lowest BCUT2D eigenvalue weighted by atomic mass is 10.0. The van der Waals surface area contributed by atoms with Crippen molar-refractivity contribution in [2.24, 2.45) is 16.5 Å². The van der Waals surface area contributed by atoms with Crippen LogP contribution in [0.2, 0.25) is 0 Å². The molecule has 0 spiro atoms. The van der Waals surface area contributed by atoms with Crippen LogP contribution in [0.4, 0.5) is 22.0 Å². The minimum Gasteiger partial charge on any atom is -0.404 e. The summed E-state index contributed by atoms with van der Waals surface area (Å²) in [5, 5.41) is 6.06. The predicted octanol–water partition coefficient (Wildman–Crippen LogP) is 3.44. The van der Waals surface area contributed by atoms with E-state index in [1.165, 1.54) is 0 Å². The Morgan fingerprint density at radius 2 is 1.93 bits per heavy atom. The molecule has 0 aliphatic heterocycles. The highest BCUT2D eigenvalue weighted by molar-refractivity contribution is 9.10. The first-order valence-electron chi connectivity index (χ1n) is 8.85. The van der Waals surface area contributed by atoms with Crippen LogP contribution < -0.4 is 16.8 Å². The lowest BCUT2D eigenvalue weighted by Crippen LogP contribution is -2.52. The van der Waals surface area contributed by atoms with Gasteiger partial charge in [-0.2, -0.15) is 27.1 Å². The third kappa shape index (κ3) is 9.65. The summed E-state index contributed by atoms with van der Waals surface area (Å²) in [5.74, 6) is -0.644. The molecule has 13 heteroatoms. The Hall–Kier alpha value is -2.02. The van der Waals surface area contributed by atoms with E-state index < -0.39 is 35.9 Å². The smallest absolute Gasteiger partial charge is 0.404 e. The first kappa shape index (κ1) is 28.0. The molecular formula is C17H26BrF5N6O. The summed E-state index contributed by atoms with van der Waals surface area (Å²) in [7, 11) is 0. The standard InChI is InChI=1S/C15H20BrF5N6O.C2H6/c1-14(2,7-27-11(16)4-10(26-27)15(19,20)21)25-12(28)9(23)3-8(5-22)6-24-13(17)18;1-2/h4-6,9,13H,3,7,22-23H2,1-2H3,(H,25,28);1-2H3/b8-5-,24-6+;. The Kier molecular flexibility index (Phi) is 11.2. The lowest BCUT2D eigenvalue weighted by Gasteiger charge is -2.28. The van der Waals surface area contributed by atoms with Crippen molar-refractivity contribution >= 4 is 28.1 Å². The van der Waals surface area contributed by atoms with Gasteiger partial charge in [0.1, 0.15) is 4.60 Å². The van der Waals surface area contributed by atoms with Crippen LogP contribution in [0.5, 0.6) is 0 Å². The second kappa shape index (κ2) is 12.0. The van der Waals surface area contributed by atoms with Crippen molar-refractivity contribution in [2.45, 2.75) is 65.0 Å². The van der Waals surface area contributed by atoms with Gasteiger partial charge in [0, 0.05) is 12.3 Å². The first-order valence-corrected chi connectivity index (χ1v) is 9.64. The Morgan fingerprint density at radius 1 is 1.37 bits per heavy atom. The lowest BCUT2D eigenvalue weighted by molar-refractivity contribution is -0.141. The fourth-order valence-electron chi connectivity index (χ4n) is 2.15. The molecular weight excluding hydrogens is 479 g/mol. The van der Waals surface area contributed by atoms with E-state index in [-0.39, 0.29) is 23.1 Å². The molecule has 1 aromatic heterocycles. The summed E-state index contributed by atoms with van der Waals surface area (Å²) in [5.41, 5.74) is 9.09. The van der Waals surface area contributed by atoms with Gasteiger partial charge in [0.2, 0.25) is 5.91 Å². The molecule has 0 aliphatic carbocycles. The Balaban J connectivity index is 0.00000407. The van der Waals surface area contributed by atoms with Crippen LogP contribution in [0.1, 0.15) is 39.8 Å². The fraction of sp³-hybridized carbons (Fsp3) is 0.588. The number of nitrogens with two attached hydrogens (primary N) is 2. The van der Waals surface area contributed by atoms with Crippen molar-refractivity contribution in [1.82, 2.24) is 15.1 Å². The van der Waals surface area contributed by atoms with Crippen molar-refractivity contribution in [3.8, 4) is 0 Å². The number of carbonyl (C=O) groups is 1. The van der Waals surface area contributed by atoms with E-state index >= 15 is 0 Å². The zero-order valence-corrected chi connectivity index (χ0v) is 18.6. The average Bonchev–Trinajstić information content (AvgIpc) is 2.99. The number of carbonyl (C=O) groups excluding carboxylic acids is 1. The summed E-state index contributed by atoms with van der Waals surface area (Å²) in [6, 6.07) is -0.311. The third-order valence-electron chi connectivity index (χ3n) is 3.39. The predicted molar refractivity (Wildman–Crippen MR) is 108 cm³/mol. The van der Waals surface area contributed by atoms with Crippen LogP contribution >= 0.6 is 15.9 Å². The molecule has 5 N–H and O–H groups in total. The van der Waals surface area contributed by atoms with Gasteiger partial charge in [-0.05, 0) is 48.0 Å². The molecule has 0 fully saturated rings. The quantitative estimate of drug-likeness (QED) is 0.286. The number of amides is 1. The van der Waals surface area contributed by atoms with Crippen LogP contribution in [0.25, 0.3) is 0 Å². The maximum atomic E-state index is 12.7. The molecule has 0 saturated heterocycles. The van der Waals surface area contributed by atoms with Gasteiger partial charge in [-0.1, -0.05) is 13.8 Å². The maximum Gasteiger partial charge on any atom is 0.435 e. The zero-order valence-electron chi connectivity index (χ0n) is 17.0. The van der Waals surface area contributed by atoms with Crippen molar-refractivity contribution in [3.05, 3.63) is 28.1 Å². The first-order chi connectivity index (χ1) is 13.7. The highest BCUT2D eigenvalue weighted by atomic mass is 79.9. The topological polar surface area (TPSA) is 111 Å². The summed E-state index contributed by atoms with van der Waals surface area (Å²) >= 11 is 2.99. The van der Waals surface area contributed by atoms with Gasteiger partial charge >= 0.3 is 12.7 Å². The summed E-state index contributed by atoms with van der Waals surface area (Å²) in [4.78, 5) is 15.1. The number of hydrogen-bond donors (Lipinski definition) is 3. The maximum absolute atomic E-state index is 12.7. The monoisotopic (exact) mass is 504 g/mol. The number of hydrogen-bond acceptors (Lipinski definition) is 5. The van der Waals surface area contributed by atoms with E-state index in [0.717, 1.165) is 23.2 Å². The summed E-state index contributed by atoms with van der Waals surface area (Å²) in [6.07, 6.45) is -2.93. The van der Waals surface area contributed by atoms with Crippen LogP contribution in [-0.2, 0) is 17.5 Å². The fourth-order valence-corrected chi connectivity index (χ4v) is 2.57. The highest BCUT2D eigenvalue weighted by Gasteiger charge is 2.35. The molecule has 1 rings (SSSR count). The highest BCUT2D eigenvalue weighted by Crippen LogP contribution is 2.30. The average molecular weight is 505 g/mol. The second-order valence-electron chi connectivity index (χ2n) is 6.49. The van der Waals surface area contributed by atoms with Gasteiger partial charge in [-0.25, -0.2) is 4.99 Å². The van der Waals surface area contributed by atoms with Crippen molar-refractivity contribution in [2.75, 3.05) is 0 Å².